The zero-order chi connectivity index (χ0) is 19.2. The van der Waals surface area contributed by atoms with E-state index in [2.05, 4.69) is 15.3 Å². The summed E-state index contributed by atoms with van der Waals surface area (Å²) in [6.45, 7) is 1.10. The number of likely N-dealkylation sites (tertiary alicyclic amines) is 1. The van der Waals surface area contributed by atoms with E-state index in [1.807, 2.05) is 18.2 Å². The van der Waals surface area contributed by atoms with Crippen molar-refractivity contribution in [2.75, 3.05) is 13.1 Å². The Labute approximate surface area is 162 Å². The molecule has 0 aliphatic carbocycles. The Balaban J connectivity index is 1.63. The third-order valence-electron chi connectivity index (χ3n) is 4.81. The predicted octanol–water partition coefficient (Wildman–Crippen LogP) is 2.86. The van der Waals surface area contributed by atoms with Crippen LogP contribution in [0.1, 0.15) is 29.0 Å². The van der Waals surface area contributed by atoms with Gasteiger partial charge in [0.1, 0.15) is 0 Å². The second kappa shape index (κ2) is 8.81. The highest BCUT2D eigenvalue weighted by molar-refractivity contribution is 6.30. The number of hydrogen-bond acceptors (Lipinski definition) is 4. The molecular weight excluding hydrogens is 368 g/mol. The molecule has 1 unspecified atom stereocenters. The summed E-state index contributed by atoms with van der Waals surface area (Å²) >= 11 is 6.04. The monoisotopic (exact) mass is 388 g/mol. The molecule has 1 aliphatic heterocycles. The van der Waals surface area contributed by atoms with Gasteiger partial charge < -0.3 is 15.3 Å². The maximum Gasteiger partial charge on any atom is 0.404 e. The number of halogens is 1. The summed E-state index contributed by atoms with van der Waals surface area (Å²) in [7, 11) is 0. The number of hydrogen-bond donors (Lipinski definition) is 2. The van der Waals surface area contributed by atoms with Gasteiger partial charge in [0.05, 0.1) is 0 Å². The van der Waals surface area contributed by atoms with Crippen LogP contribution in [0.15, 0.2) is 42.7 Å². The van der Waals surface area contributed by atoms with Crippen molar-refractivity contribution in [1.82, 2.24) is 20.2 Å². The van der Waals surface area contributed by atoms with Crippen LogP contribution in [0.2, 0.25) is 5.02 Å². The Morgan fingerprint density at radius 2 is 1.93 bits per heavy atom. The maximum absolute atomic E-state index is 12.5. The molecular formula is C19H21ClN4O3. The molecule has 1 atom stereocenters. The molecule has 142 valence electrons. The summed E-state index contributed by atoms with van der Waals surface area (Å²) in [6.07, 6.45) is 4.04. The van der Waals surface area contributed by atoms with E-state index in [9.17, 15) is 14.7 Å². The van der Waals surface area contributed by atoms with Crippen LogP contribution in [-0.2, 0) is 6.42 Å². The van der Waals surface area contributed by atoms with Crippen LogP contribution < -0.4 is 5.32 Å². The number of aromatic nitrogens is 2. The summed E-state index contributed by atoms with van der Waals surface area (Å²) in [5, 5.41) is 12.5. The number of nitrogens with one attached hydrogen (secondary N) is 1. The third-order valence-corrected chi connectivity index (χ3v) is 5.04. The lowest BCUT2D eigenvalue weighted by Gasteiger charge is -2.35. The molecule has 27 heavy (non-hydrogen) atoms. The summed E-state index contributed by atoms with van der Waals surface area (Å²) in [5.74, 6) is 0.141. The van der Waals surface area contributed by atoms with E-state index in [1.165, 1.54) is 0 Å². The van der Waals surface area contributed by atoms with E-state index in [0.717, 1.165) is 5.56 Å². The molecule has 2 aromatic rings. The Hall–Kier alpha value is -2.67. The molecule has 7 nitrogen and oxygen atoms in total. The third kappa shape index (κ3) is 5.17. The molecule has 0 spiro atoms. The molecule has 0 bridgehead atoms. The van der Waals surface area contributed by atoms with Gasteiger partial charge in [-0.3, -0.25) is 4.79 Å². The average Bonchev–Trinajstić information content (AvgIpc) is 2.67. The fourth-order valence-electron chi connectivity index (χ4n) is 3.47. The summed E-state index contributed by atoms with van der Waals surface area (Å²) in [6, 6.07) is 8.88. The Kier molecular flexibility index (Phi) is 6.24. The van der Waals surface area contributed by atoms with Gasteiger partial charge in [0.25, 0.3) is 5.91 Å². The van der Waals surface area contributed by atoms with Gasteiger partial charge in [-0.25, -0.2) is 14.8 Å². The van der Waals surface area contributed by atoms with E-state index < -0.39 is 6.09 Å². The largest absolute Gasteiger partial charge is 0.465 e. The van der Waals surface area contributed by atoms with Gasteiger partial charge in [0.2, 0.25) is 5.82 Å². The number of amides is 2. The van der Waals surface area contributed by atoms with Crippen LogP contribution in [-0.4, -0.2) is 51.1 Å². The van der Waals surface area contributed by atoms with E-state index in [1.54, 1.807) is 29.4 Å². The molecule has 2 amide bonds. The zero-order valence-electron chi connectivity index (χ0n) is 14.7. The number of carboxylic acid groups (broad SMARTS) is 1. The van der Waals surface area contributed by atoms with Gasteiger partial charge in [-0.15, -0.1) is 0 Å². The van der Waals surface area contributed by atoms with Crippen LogP contribution in [0.25, 0.3) is 0 Å². The SMILES string of the molecule is O=C(O)NC(Cc1cccc(Cl)c1)C1CCN(C(=O)c2ncccn2)CC1. The normalized spacial score (nSPS) is 16.0. The molecule has 1 aliphatic rings. The minimum Gasteiger partial charge on any atom is -0.465 e. The summed E-state index contributed by atoms with van der Waals surface area (Å²) in [4.78, 5) is 33.4. The van der Waals surface area contributed by atoms with Crippen molar-refractivity contribution in [2.24, 2.45) is 5.92 Å². The Morgan fingerprint density at radius 3 is 2.56 bits per heavy atom. The summed E-state index contributed by atoms with van der Waals surface area (Å²) < 4.78 is 0. The highest BCUT2D eigenvalue weighted by Gasteiger charge is 2.30. The lowest BCUT2D eigenvalue weighted by molar-refractivity contribution is 0.0656. The van der Waals surface area contributed by atoms with Crippen LogP contribution >= 0.6 is 11.6 Å². The summed E-state index contributed by atoms with van der Waals surface area (Å²) in [5.41, 5.74) is 0.984. The van der Waals surface area contributed by atoms with Crippen LogP contribution in [0.4, 0.5) is 4.79 Å². The van der Waals surface area contributed by atoms with Crippen molar-refractivity contribution in [3.05, 3.63) is 59.1 Å². The van der Waals surface area contributed by atoms with Gasteiger partial charge >= 0.3 is 6.09 Å². The number of carbonyl (C=O) groups excluding carboxylic acids is 1. The lowest BCUT2D eigenvalue weighted by Crippen LogP contribution is -2.47. The van der Waals surface area contributed by atoms with Gasteiger partial charge in [-0.05, 0) is 48.9 Å². The first-order valence-corrected chi connectivity index (χ1v) is 9.21. The first-order valence-electron chi connectivity index (χ1n) is 8.83. The maximum atomic E-state index is 12.5. The number of piperidine rings is 1. The molecule has 3 rings (SSSR count). The van der Waals surface area contributed by atoms with Crippen molar-refractivity contribution in [3.8, 4) is 0 Å². The zero-order valence-corrected chi connectivity index (χ0v) is 15.5. The van der Waals surface area contributed by atoms with Crippen molar-refractivity contribution in [3.63, 3.8) is 0 Å². The quantitative estimate of drug-likeness (QED) is 0.821. The van der Waals surface area contributed by atoms with Crippen LogP contribution in [0, 0.1) is 5.92 Å². The molecule has 2 N–H and O–H groups in total. The van der Waals surface area contributed by atoms with E-state index >= 15 is 0 Å². The first kappa shape index (κ1) is 19.1. The van der Waals surface area contributed by atoms with E-state index in [4.69, 9.17) is 11.6 Å². The van der Waals surface area contributed by atoms with Gasteiger partial charge in [0, 0.05) is 36.5 Å². The van der Waals surface area contributed by atoms with Crippen molar-refractivity contribution in [1.29, 1.82) is 0 Å². The molecule has 1 aromatic heterocycles. The van der Waals surface area contributed by atoms with Crippen molar-refractivity contribution < 1.29 is 14.7 Å². The molecule has 1 saturated heterocycles. The standard InChI is InChI=1S/C19H21ClN4O3/c20-15-4-1-3-13(11-15)12-16(23-19(26)27)14-5-9-24(10-6-14)18(25)17-21-7-2-8-22-17/h1-4,7-8,11,14,16,23H,5-6,9-10,12H2,(H,26,27). The van der Waals surface area contributed by atoms with E-state index in [-0.39, 0.29) is 23.7 Å². The second-order valence-electron chi connectivity index (χ2n) is 6.59. The number of nitrogens with zero attached hydrogens (tertiary/aromatic N) is 3. The molecule has 0 radical (unpaired) electrons. The Morgan fingerprint density at radius 1 is 1.22 bits per heavy atom. The predicted molar refractivity (Wildman–Crippen MR) is 101 cm³/mol. The van der Waals surface area contributed by atoms with Crippen LogP contribution in [0.5, 0.6) is 0 Å². The molecule has 0 saturated carbocycles. The molecule has 1 aromatic carbocycles. The molecule has 2 heterocycles. The van der Waals surface area contributed by atoms with Crippen molar-refractivity contribution in [2.45, 2.75) is 25.3 Å². The van der Waals surface area contributed by atoms with Crippen molar-refractivity contribution >= 4 is 23.6 Å². The Bertz CT molecular complexity index is 795. The van der Waals surface area contributed by atoms with E-state index in [0.29, 0.717) is 37.4 Å². The average molecular weight is 389 g/mol. The molecule has 1 fully saturated rings. The molecule has 8 heteroatoms. The second-order valence-corrected chi connectivity index (χ2v) is 7.03. The smallest absolute Gasteiger partial charge is 0.404 e. The number of rotatable bonds is 5. The first-order chi connectivity index (χ1) is 13.0. The minimum atomic E-state index is -1.04. The topological polar surface area (TPSA) is 95.4 Å². The van der Waals surface area contributed by atoms with Gasteiger partial charge in [-0.2, -0.15) is 0 Å². The van der Waals surface area contributed by atoms with Crippen LogP contribution in [0.3, 0.4) is 0 Å². The fourth-order valence-corrected chi connectivity index (χ4v) is 3.68. The van der Waals surface area contributed by atoms with Gasteiger partial charge in [0.15, 0.2) is 0 Å². The lowest BCUT2D eigenvalue weighted by atomic mass is 9.86. The fraction of sp³-hybridized carbons (Fsp3) is 0.368. The number of carbonyl (C=O) groups is 2. The minimum absolute atomic E-state index is 0.140. The highest BCUT2D eigenvalue weighted by Crippen LogP contribution is 2.24. The highest BCUT2D eigenvalue weighted by atomic mass is 35.5. The number of benzene rings is 1. The van der Waals surface area contributed by atoms with Gasteiger partial charge in [-0.1, -0.05) is 23.7 Å².